The largest absolute Gasteiger partial charge is 0.455 e. The Balaban J connectivity index is 2.03. The lowest BCUT2D eigenvalue weighted by Crippen LogP contribution is -2.10. The minimum atomic E-state index is -3.56. The zero-order valence-electron chi connectivity index (χ0n) is 13.2. The Hall–Kier alpha value is -3.13. The van der Waals surface area contributed by atoms with E-state index in [1.807, 2.05) is 30.3 Å². The van der Waals surface area contributed by atoms with Crippen molar-refractivity contribution in [1.29, 1.82) is 0 Å². The number of nitrogens with zero attached hydrogens (tertiary/aromatic N) is 1. The number of hydrogen-bond donors (Lipinski definition) is 1. The summed E-state index contributed by atoms with van der Waals surface area (Å²) in [5.74, 6) is 0.491. The first-order chi connectivity index (χ1) is 11.8. The van der Waals surface area contributed by atoms with E-state index in [2.05, 4.69) is 4.72 Å². The molecule has 0 aliphatic carbocycles. The van der Waals surface area contributed by atoms with Crippen LogP contribution in [0.5, 0.6) is 11.5 Å². The van der Waals surface area contributed by atoms with E-state index in [0.717, 1.165) is 17.0 Å². The molecule has 3 aromatic carbocycles. The van der Waals surface area contributed by atoms with Crippen molar-refractivity contribution < 1.29 is 18.1 Å². The third-order valence-electron chi connectivity index (χ3n) is 3.42. The van der Waals surface area contributed by atoms with E-state index >= 15 is 0 Å². The van der Waals surface area contributed by atoms with Crippen LogP contribution in [0.15, 0.2) is 60.7 Å². The summed E-state index contributed by atoms with van der Waals surface area (Å²) in [6.07, 6.45) is 0.994. The van der Waals surface area contributed by atoms with Crippen LogP contribution < -0.4 is 9.46 Å². The molecule has 128 valence electrons. The first-order valence-electron chi connectivity index (χ1n) is 7.25. The molecule has 7 nitrogen and oxygen atoms in total. The van der Waals surface area contributed by atoms with E-state index in [4.69, 9.17) is 4.74 Å². The van der Waals surface area contributed by atoms with Crippen molar-refractivity contribution in [1.82, 2.24) is 0 Å². The van der Waals surface area contributed by atoms with Gasteiger partial charge in [-0.3, -0.25) is 14.8 Å². The number of rotatable bonds is 5. The van der Waals surface area contributed by atoms with Crippen molar-refractivity contribution in [3.63, 3.8) is 0 Å². The summed E-state index contributed by atoms with van der Waals surface area (Å²) in [6, 6.07) is 16.7. The van der Waals surface area contributed by atoms with Gasteiger partial charge in [0.15, 0.2) is 5.75 Å². The van der Waals surface area contributed by atoms with Gasteiger partial charge in [-0.25, -0.2) is 8.42 Å². The molecule has 0 saturated heterocycles. The number of ether oxygens (including phenoxy) is 1. The monoisotopic (exact) mass is 358 g/mol. The van der Waals surface area contributed by atoms with Gasteiger partial charge in [-0.15, -0.1) is 0 Å². The molecule has 0 aliphatic rings. The molecule has 0 amide bonds. The predicted octanol–water partition coefficient (Wildman–Crippen LogP) is 3.91. The van der Waals surface area contributed by atoms with E-state index in [-0.39, 0.29) is 17.1 Å². The van der Waals surface area contributed by atoms with Gasteiger partial charge in [0.1, 0.15) is 5.75 Å². The summed E-state index contributed by atoms with van der Waals surface area (Å²) in [4.78, 5) is 10.4. The van der Waals surface area contributed by atoms with Crippen molar-refractivity contribution in [2.24, 2.45) is 0 Å². The van der Waals surface area contributed by atoms with E-state index in [1.54, 1.807) is 12.1 Å². The van der Waals surface area contributed by atoms with Gasteiger partial charge in [0.2, 0.25) is 10.0 Å². The van der Waals surface area contributed by atoms with Crippen molar-refractivity contribution in [3.05, 3.63) is 70.8 Å². The highest BCUT2D eigenvalue weighted by atomic mass is 32.2. The molecular weight excluding hydrogens is 344 g/mol. The molecule has 3 rings (SSSR count). The van der Waals surface area contributed by atoms with Crippen LogP contribution in [0.1, 0.15) is 0 Å². The van der Waals surface area contributed by atoms with Crippen molar-refractivity contribution in [2.75, 3.05) is 11.0 Å². The minimum absolute atomic E-state index is 0.0508. The number of benzene rings is 3. The average Bonchev–Trinajstić information content (AvgIpc) is 2.55. The Morgan fingerprint density at radius 2 is 1.72 bits per heavy atom. The zero-order chi connectivity index (χ0) is 18.0. The summed E-state index contributed by atoms with van der Waals surface area (Å²) in [5, 5.41) is 12.9. The Bertz CT molecular complexity index is 1060. The number of anilines is 1. The van der Waals surface area contributed by atoms with Crippen LogP contribution in [-0.4, -0.2) is 19.6 Å². The highest BCUT2D eigenvalue weighted by Gasteiger charge is 2.15. The smallest absolute Gasteiger partial charge is 0.273 e. The molecule has 0 unspecified atom stereocenters. The number of nitrogens with one attached hydrogen (secondary N) is 1. The summed E-state index contributed by atoms with van der Waals surface area (Å²) < 4.78 is 31.0. The maximum Gasteiger partial charge on any atom is 0.273 e. The zero-order valence-corrected chi connectivity index (χ0v) is 14.0. The molecular formula is C17H14N2O5S. The van der Waals surface area contributed by atoms with Crippen LogP contribution in [0.4, 0.5) is 11.4 Å². The SMILES string of the molecule is CS(=O)(=O)Nc1ccc([N+](=O)[O-])cc1Oc1ccc2ccccc2c1. The second-order valence-corrected chi connectivity index (χ2v) is 7.17. The fourth-order valence-corrected chi connectivity index (χ4v) is 2.92. The van der Waals surface area contributed by atoms with E-state index in [1.165, 1.54) is 18.2 Å². The molecule has 0 bridgehead atoms. The standard InChI is InChI=1S/C17H14N2O5S/c1-25(22,23)18-16-9-7-14(19(20)21)11-17(16)24-15-8-6-12-4-2-3-5-13(12)10-15/h2-11,18H,1H3. The van der Waals surface area contributed by atoms with Gasteiger partial charge < -0.3 is 4.74 Å². The molecule has 25 heavy (non-hydrogen) atoms. The number of nitro benzene ring substituents is 1. The maximum absolute atomic E-state index is 11.5. The molecule has 8 heteroatoms. The normalized spacial score (nSPS) is 11.2. The predicted molar refractivity (Wildman–Crippen MR) is 95.6 cm³/mol. The number of fused-ring (bicyclic) bond motifs is 1. The van der Waals surface area contributed by atoms with Crippen LogP contribution in [0, 0.1) is 10.1 Å². The molecule has 0 spiro atoms. The number of hydrogen-bond acceptors (Lipinski definition) is 5. The molecule has 0 atom stereocenters. The highest BCUT2D eigenvalue weighted by molar-refractivity contribution is 7.92. The summed E-state index contributed by atoms with van der Waals surface area (Å²) in [7, 11) is -3.56. The van der Waals surface area contributed by atoms with E-state index < -0.39 is 14.9 Å². The lowest BCUT2D eigenvalue weighted by atomic mass is 10.1. The van der Waals surface area contributed by atoms with Gasteiger partial charge in [-0.2, -0.15) is 0 Å². The van der Waals surface area contributed by atoms with Crippen LogP contribution in [-0.2, 0) is 10.0 Å². The summed E-state index contributed by atoms with van der Waals surface area (Å²) in [5.41, 5.74) is -0.0731. The third kappa shape index (κ3) is 4.04. The molecule has 0 heterocycles. The molecule has 1 N–H and O–H groups in total. The van der Waals surface area contributed by atoms with Gasteiger partial charge in [0, 0.05) is 6.07 Å². The molecule has 0 aliphatic heterocycles. The van der Waals surface area contributed by atoms with Crippen molar-refractivity contribution in [3.8, 4) is 11.5 Å². The molecule has 0 radical (unpaired) electrons. The summed E-state index contributed by atoms with van der Waals surface area (Å²) >= 11 is 0. The Morgan fingerprint density at radius 1 is 1.00 bits per heavy atom. The van der Waals surface area contributed by atoms with Gasteiger partial charge >= 0.3 is 0 Å². The third-order valence-corrected chi connectivity index (χ3v) is 4.01. The molecule has 0 saturated carbocycles. The van der Waals surface area contributed by atoms with E-state index in [9.17, 15) is 18.5 Å². The lowest BCUT2D eigenvalue weighted by Gasteiger charge is -2.12. The Morgan fingerprint density at radius 3 is 2.40 bits per heavy atom. The molecule has 0 fully saturated rings. The molecule has 3 aromatic rings. The minimum Gasteiger partial charge on any atom is -0.455 e. The fourth-order valence-electron chi connectivity index (χ4n) is 2.35. The Kier molecular flexibility index (Phi) is 4.28. The number of non-ortho nitro benzene ring substituents is 1. The van der Waals surface area contributed by atoms with Crippen LogP contribution in [0.25, 0.3) is 10.8 Å². The van der Waals surface area contributed by atoms with Gasteiger partial charge in [-0.05, 0) is 29.0 Å². The lowest BCUT2D eigenvalue weighted by molar-refractivity contribution is -0.384. The van der Waals surface area contributed by atoms with Crippen LogP contribution >= 0.6 is 0 Å². The van der Waals surface area contributed by atoms with Crippen LogP contribution in [0.2, 0.25) is 0 Å². The quantitative estimate of drug-likeness (QED) is 0.551. The number of sulfonamides is 1. The Labute approximate surface area is 144 Å². The van der Waals surface area contributed by atoms with Gasteiger partial charge in [0.05, 0.1) is 22.9 Å². The molecule has 0 aromatic heterocycles. The first-order valence-corrected chi connectivity index (χ1v) is 9.14. The van der Waals surface area contributed by atoms with Gasteiger partial charge in [-0.1, -0.05) is 30.3 Å². The number of nitro groups is 1. The van der Waals surface area contributed by atoms with Gasteiger partial charge in [0.25, 0.3) is 5.69 Å². The fraction of sp³-hybridized carbons (Fsp3) is 0.0588. The average molecular weight is 358 g/mol. The highest BCUT2D eigenvalue weighted by Crippen LogP contribution is 2.34. The topological polar surface area (TPSA) is 98.5 Å². The van der Waals surface area contributed by atoms with E-state index in [0.29, 0.717) is 5.75 Å². The maximum atomic E-state index is 11.5. The second-order valence-electron chi connectivity index (χ2n) is 5.42. The summed E-state index contributed by atoms with van der Waals surface area (Å²) in [6.45, 7) is 0. The van der Waals surface area contributed by atoms with Crippen molar-refractivity contribution in [2.45, 2.75) is 0 Å². The van der Waals surface area contributed by atoms with Crippen LogP contribution in [0.3, 0.4) is 0 Å². The first kappa shape index (κ1) is 16.7. The van der Waals surface area contributed by atoms with Crippen molar-refractivity contribution >= 4 is 32.2 Å². The second kappa shape index (κ2) is 6.40.